The van der Waals surface area contributed by atoms with E-state index in [-0.39, 0.29) is 0 Å². The van der Waals surface area contributed by atoms with Gasteiger partial charge in [0.1, 0.15) is 0 Å². The molecular formula is C23H34O. The van der Waals surface area contributed by atoms with Crippen LogP contribution in [0.2, 0.25) is 0 Å². The van der Waals surface area contributed by atoms with E-state index in [0.29, 0.717) is 11.5 Å². The molecule has 0 heterocycles. The average Bonchev–Trinajstić information content (AvgIpc) is 3.00. The Balaban J connectivity index is 1.66. The highest BCUT2D eigenvalue weighted by atomic mass is 16.5. The number of fused-ring (bicyclic) bond motifs is 5. The second-order valence-corrected chi connectivity index (χ2v) is 8.45. The van der Waals surface area contributed by atoms with Crippen LogP contribution in [0, 0.1) is 17.3 Å². The number of benzene rings is 1. The summed E-state index contributed by atoms with van der Waals surface area (Å²) in [7, 11) is 0. The highest BCUT2D eigenvalue weighted by molar-refractivity contribution is 5.38. The lowest BCUT2D eigenvalue weighted by Gasteiger charge is -2.52. The minimum atomic E-state index is 0.483. The lowest BCUT2D eigenvalue weighted by Crippen LogP contribution is -2.46. The average molecular weight is 327 g/mol. The molecule has 0 unspecified atom stereocenters. The highest BCUT2D eigenvalue weighted by Crippen LogP contribution is 2.63. The third-order valence-electron chi connectivity index (χ3n) is 7.87. The zero-order valence-electron chi connectivity index (χ0n) is 15.8. The van der Waals surface area contributed by atoms with Crippen LogP contribution in [0.5, 0.6) is 0 Å². The second kappa shape index (κ2) is 6.48. The predicted octanol–water partition coefficient (Wildman–Crippen LogP) is 5.90. The van der Waals surface area contributed by atoms with E-state index in [0.717, 1.165) is 24.4 Å². The van der Waals surface area contributed by atoms with Gasteiger partial charge in [-0.1, -0.05) is 32.0 Å². The zero-order valence-corrected chi connectivity index (χ0v) is 15.8. The smallest absolute Gasteiger partial charge is 0.0633 e. The third-order valence-corrected chi connectivity index (χ3v) is 7.87. The fourth-order valence-corrected chi connectivity index (χ4v) is 6.72. The van der Waals surface area contributed by atoms with Gasteiger partial charge in [0.05, 0.1) is 6.10 Å². The zero-order chi connectivity index (χ0) is 16.7. The van der Waals surface area contributed by atoms with Gasteiger partial charge in [0.15, 0.2) is 0 Å². The Morgan fingerprint density at radius 3 is 2.71 bits per heavy atom. The lowest BCUT2D eigenvalue weighted by atomic mass is 9.54. The molecule has 1 aromatic carbocycles. The van der Waals surface area contributed by atoms with Crippen LogP contribution in [-0.4, -0.2) is 12.7 Å². The van der Waals surface area contributed by atoms with Crippen molar-refractivity contribution in [2.45, 2.75) is 84.2 Å². The normalized spacial score (nSPS) is 37.6. The first-order valence-electron chi connectivity index (χ1n) is 10.5. The van der Waals surface area contributed by atoms with E-state index in [2.05, 4.69) is 39.0 Å². The van der Waals surface area contributed by atoms with Crippen LogP contribution >= 0.6 is 0 Å². The molecule has 0 spiro atoms. The number of hydrogen-bond acceptors (Lipinski definition) is 1. The molecule has 0 aliphatic heterocycles. The third kappa shape index (κ3) is 2.38. The first-order chi connectivity index (χ1) is 11.7. The Kier molecular flexibility index (Phi) is 4.49. The number of hydrogen-bond donors (Lipinski definition) is 0. The van der Waals surface area contributed by atoms with Crippen molar-refractivity contribution in [3.05, 3.63) is 34.9 Å². The standard InChI is InChI=1S/C23H34O/c1-4-16-7-8-17-9-10-19-18(20(17)15-16)13-14-23(5-2)21(19)11-12-22(23)24-6-3/h7-8,15,18-19,21-22H,4-6,9-14H2,1-3H3/t18-,19+,21-,22-,23-/m0/s1. The largest absolute Gasteiger partial charge is 0.378 e. The maximum absolute atomic E-state index is 6.25. The molecule has 3 aliphatic rings. The van der Waals surface area contributed by atoms with E-state index in [1.165, 1.54) is 56.9 Å². The van der Waals surface area contributed by atoms with Crippen LogP contribution in [0.3, 0.4) is 0 Å². The molecule has 1 nitrogen and oxygen atoms in total. The number of ether oxygens (including phenoxy) is 1. The van der Waals surface area contributed by atoms with E-state index in [4.69, 9.17) is 4.74 Å². The SMILES string of the molecule is CCO[C@H]1CC[C@H]2[C@@H]3CCc4ccc(CC)cc4[C@H]3CC[C@]12CC. The lowest BCUT2D eigenvalue weighted by molar-refractivity contribution is -0.0734. The fourth-order valence-electron chi connectivity index (χ4n) is 6.72. The van der Waals surface area contributed by atoms with Gasteiger partial charge in [-0.15, -0.1) is 0 Å². The minimum Gasteiger partial charge on any atom is -0.378 e. The summed E-state index contributed by atoms with van der Waals surface area (Å²) in [5.41, 5.74) is 5.38. The maximum Gasteiger partial charge on any atom is 0.0633 e. The summed E-state index contributed by atoms with van der Waals surface area (Å²) in [6.07, 6.45) is 11.2. The molecule has 2 fully saturated rings. The quantitative estimate of drug-likeness (QED) is 0.669. The molecule has 2 saturated carbocycles. The van der Waals surface area contributed by atoms with Gasteiger partial charge >= 0.3 is 0 Å². The molecule has 1 aromatic rings. The van der Waals surface area contributed by atoms with Gasteiger partial charge in [0, 0.05) is 6.61 Å². The molecule has 24 heavy (non-hydrogen) atoms. The van der Waals surface area contributed by atoms with Crippen molar-refractivity contribution in [1.29, 1.82) is 0 Å². The summed E-state index contributed by atoms with van der Waals surface area (Å²) in [5.74, 6) is 2.63. The van der Waals surface area contributed by atoms with Gasteiger partial charge in [-0.2, -0.15) is 0 Å². The molecule has 4 rings (SSSR count). The summed E-state index contributed by atoms with van der Waals surface area (Å²) in [6, 6.07) is 7.35. The van der Waals surface area contributed by atoms with Crippen molar-refractivity contribution >= 4 is 0 Å². The van der Waals surface area contributed by atoms with Crippen molar-refractivity contribution in [1.82, 2.24) is 0 Å². The summed E-state index contributed by atoms with van der Waals surface area (Å²) in [4.78, 5) is 0. The van der Waals surface area contributed by atoms with E-state index >= 15 is 0 Å². The molecule has 132 valence electrons. The molecule has 3 aliphatic carbocycles. The minimum absolute atomic E-state index is 0.483. The predicted molar refractivity (Wildman–Crippen MR) is 100 cm³/mol. The van der Waals surface area contributed by atoms with Crippen LogP contribution < -0.4 is 0 Å². The summed E-state index contributed by atoms with van der Waals surface area (Å²) in [5, 5.41) is 0. The maximum atomic E-state index is 6.25. The van der Waals surface area contributed by atoms with Crippen LogP contribution in [0.15, 0.2) is 18.2 Å². The molecule has 0 bridgehead atoms. The summed E-state index contributed by atoms with van der Waals surface area (Å²) >= 11 is 0. The topological polar surface area (TPSA) is 9.23 Å². The molecule has 0 saturated heterocycles. The first kappa shape index (κ1) is 16.6. The van der Waals surface area contributed by atoms with E-state index in [9.17, 15) is 0 Å². The number of rotatable bonds is 4. The Bertz CT molecular complexity index is 592. The molecule has 5 atom stereocenters. The van der Waals surface area contributed by atoms with Crippen LogP contribution in [0.25, 0.3) is 0 Å². The van der Waals surface area contributed by atoms with Gasteiger partial charge in [-0.25, -0.2) is 0 Å². The van der Waals surface area contributed by atoms with Crippen LogP contribution in [0.1, 0.15) is 81.9 Å². The Morgan fingerprint density at radius 1 is 1.08 bits per heavy atom. The van der Waals surface area contributed by atoms with Crippen molar-refractivity contribution in [2.24, 2.45) is 17.3 Å². The van der Waals surface area contributed by atoms with Gasteiger partial charge in [0.25, 0.3) is 0 Å². The van der Waals surface area contributed by atoms with E-state index in [1.54, 1.807) is 11.1 Å². The van der Waals surface area contributed by atoms with Gasteiger partial charge in [-0.3, -0.25) is 0 Å². The van der Waals surface area contributed by atoms with Crippen molar-refractivity contribution in [2.75, 3.05) is 6.61 Å². The van der Waals surface area contributed by atoms with Gasteiger partial charge in [0.2, 0.25) is 0 Å². The summed E-state index contributed by atoms with van der Waals surface area (Å²) in [6.45, 7) is 7.77. The van der Waals surface area contributed by atoms with Gasteiger partial charge in [-0.05, 0) is 98.1 Å². The molecule has 0 radical (unpaired) electrons. The molecule has 1 heteroatoms. The Morgan fingerprint density at radius 2 is 1.96 bits per heavy atom. The summed E-state index contributed by atoms with van der Waals surface area (Å²) < 4.78 is 6.25. The van der Waals surface area contributed by atoms with Crippen molar-refractivity contribution in [3.8, 4) is 0 Å². The highest BCUT2D eigenvalue weighted by Gasteiger charge is 2.56. The molecular weight excluding hydrogens is 292 g/mol. The molecule has 0 aromatic heterocycles. The van der Waals surface area contributed by atoms with Crippen LogP contribution in [-0.2, 0) is 17.6 Å². The van der Waals surface area contributed by atoms with Crippen molar-refractivity contribution in [3.63, 3.8) is 0 Å². The monoisotopic (exact) mass is 326 g/mol. The van der Waals surface area contributed by atoms with Crippen LogP contribution in [0.4, 0.5) is 0 Å². The first-order valence-corrected chi connectivity index (χ1v) is 10.5. The second-order valence-electron chi connectivity index (χ2n) is 8.45. The molecule has 0 amide bonds. The van der Waals surface area contributed by atoms with Crippen molar-refractivity contribution < 1.29 is 4.74 Å². The fraction of sp³-hybridized carbons (Fsp3) is 0.739. The Labute approximate surface area is 148 Å². The number of aryl methyl sites for hydroxylation is 2. The Hall–Kier alpha value is -0.820. The van der Waals surface area contributed by atoms with Gasteiger partial charge < -0.3 is 4.74 Å². The molecule has 0 N–H and O–H groups in total. The van der Waals surface area contributed by atoms with E-state index in [1.807, 2.05) is 0 Å². The van der Waals surface area contributed by atoms with E-state index < -0.39 is 0 Å².